The van der Waals surface area contributed by atoms with E-state index in [1.165, 1.54) is 6.07 Å². The SMILES string of the molecule is CNC(=O)CCNCc1cccc([N+](=O)[O-])c1C. The number of nitrogens with one attached hydrogen (secondary N) is 2. The standard InChI is InChI=1S/C12H17N3O3/c1-9-10(4-3-5-11(9)15(17)18)8-14-7-6-12(16)13-2/h3-5,14H,6-8H2,1-2H3,(H,13,16). The van der Waals surface area contributed by atoms with Gasteiger partial charge < -0.3 is 10.6 Å². The van der Waals surface area contributed by atoms with E-state index in [0.29, 0.717) is 25.1 Å². The van der Waals surface area contributed by atoms with Crippen LogP contribution in [0.15, 0.2) is 18.2 Å². The van der Waals surface area contributed by atoms with E-state index in [9.17, 15) is 14.9 Å². The highest BCUT2D eigenvalue weighted by Crippen LogP contribution is 2.20. The molecule has 0 fully saturated rings. The third-order valence-corrected chi connectivity index (χ3v) is 2.74. The van der Waals surface area contributed by atoms with Crippen LogP contribution in [0, 0.1) is 17.0 Å². The smallest absolute Gasteiger partial charge is 0.272 e. The number of carbonyl (C=O) groups excluding carboxylic acids is 1. The zero-order valence-electron chi connectivity index (χ0n) is 10.5. The molecule has 1 rings (SSSR count). The topological polar surface area (TPSA) is 84.3 Å². The highest BCUT2D eigenvalue weighted by Gasteiger charge is 2.12. The molecule has 0 heterocycles. The second-order valence-corrected chi connectivity index (χ2v) is 3.92. The van der Waals surface area contributed by atoms with Crippen LogP contribution in [-0.2, 0) is 11.3 Å². The Kier molecular flexibility index (Phi) is 5.26. The van der Waals surface area contributed by atoms with Gasteiger partial charge in [0, 0.05) is 38.2 Å². The van der Waals surface area contributed by atoms with Crippen molar-refractivity contribution in [2.45, 2.75) is 19.9 Å². The molecule has 6 nitrogen and oxygen atoms in total. The number of rotatable bonds is 6. The third-order valence-electron chi connectivity index (χ3n) is 2.74. The lowest BCUT2D eigenvalue weighted by atomic mass is 10.1. The van der Waals surface area contributed by atoms with Crippen LogP contribution >= 0.6 is 0 Å². The molecule has 0 aliphatic carbocycles. The van der Waals surface area contributed by atoms with E-state index in [1.807, 2.05) is 6.07 Å². The maximum Gasteiger partial charge on any atom is 0.272 e. The van der Waals surface area contributed by atoms with Crippen molar-refractivity contribution in [3.8, 4) is 0 Å². The molecule has 98 valence electrons. The van der Waals surface area contributed by atoms with E-state index >= 15 is 0 Å². The molecule has 0 aliphatic heterocycles. The molecule has 0 spiro atoms. The molecule has 0 radical (unpaired) electrons. The van der Waals surface area contributed by atoms with Crippen LogP contribution < -0.4 is 10.6 Å². The first kappa shape index (κ1) is 14.1. The fraction of sp³-hybridized carbons (Fsp3) is 0.417. The van der Waals surface area contributed by atoms with Crippen LogP contribution in [0.25, 0.3) is 0 Å². The molecule has 2 N–H and O–H groups in total. The minimum Gasteiger partial charge on any atom is -0.359 e. The molecule has 0 aromatic heterocycles. The van der Waals surface area contributed by atoms with Gasteiger partial charge in [0.15, 0.2) is 0 Å². The van der Waals surface area contributed by atoms with Crippen molar-refractivity contribution in [1.29, 1.82) is 0 Å². The summed E-state index contributed by atoms with van der Waals surface area (Å²) in [5.74, 6) is -0.0294. The molecule has 1 aromatic carbocycles. The molecule has 6 heteroatoms. The summed E-state index contributed by atoms with van der Waals surface area (Å²) in [5, 5.41) is 16.4. The first-order valence-electron chi connectivity index (χ1n) is 5.70. The third kappa shape index (κ3) is 3.81. The number of nitro groups is 1. The molecule has 1 aromatic rings. The molecule has 18 heavy (non-hydrogen) atoms. The maximum atomic E-state index is 11.0. The van der Waals surface area contributed by atoms with Gasteiger partial charge in [-0.3, -0.25) is 14.9 Å². The molecule has 0 saturated carbocycles. The second kappa shape index (κ2) is 6.70. The predicted molar refractivity (Wildman–Crippen MR) is 68.2 cm³/mol. The fourth-order valence-corrected chi connectivity index (χ4v) is 1.61. The molecule has 0 saturated heterocycles. The molecule has 0 atom stereocenters. The van der Waals surface area contributed by atoms with Crippen LogP contribution in [0.3, 0.4) is 0 Å². The Morgan fingerprint density at radius 3 is 2.78 bits per heavy atom. The Balaban J connectivity index is 2.55. The predicted octanol–water partition coefficient (Wildman–Crippen LogP) is 1.13. The van der Waals surface area contributed by atoms with E-state index in [1.54, 1.807) is 20.0 Å². The highest BCUT2D eigenvalue weighted by atomic mass is 16.6. The average Bonchev–Trinajstić information content (AvgIpc) is 2.35. The van der Waals surface area contributed by atoms with Crippen LogP contribution in [0.1, 0.15) is 17.5 Å². The van der Waals surface area contributed by atoms with E-state index < -0.39 is 0 Å². The Hall–Kier alpha value is -1.95. The Labute approximate surface area is 106 Å². The summed E-state index contributed by atoms with van der Waals surface area (Å²) < 4.78 is 0. The normalized spacial score (nSPS) is 10.1. The number of amides is 1. The van der Waals surface area contributed by atoms with Crippen molar-refractivity contribution < 1.29 is 9.72 Å². The van der Waals surface area contributed by atoms with Crippen LogP contribution in [0.4, 0.5) is 5.69 Å². The summed E-state index contributed by atoms with van der Waals surface area (Å²) in [6.45, 7) is 2.79. The van der Waals surface area contributed by atoms with Gasteiger partial charge in [-0.05, 0) is 12.5 Å². The van der Waals surface area contributed by atoms with Gasteiger partial charge in [0.25, 0.3) is 5.69 Å². The maximum absolute atomic E-state index is 11.0. The Morgan fingerprint density at radius 1 is 1.44 bits per heavy atom. The number of nitro benzene ring substituents is 1. The van der Waals surface area contributed by atoms with Gasteiger partial charge in [0.2, 0.25) is 5.91 Å². The quantitative estimate of drug-likeness (QED) is 0.451. The zero-order valence-corrected chi connectivity index (χ0v) is 10.5. The van der Waals surface area contributed by atoms with Crippen molar-refractivity contribution in [3.63, 3.8) is 0 Å². The number of benzene rings is 1. The minimum atomic E-state index is -0.386. The molecular formula is C12H17N3O3. The lowest BCUT2D eigenvalue weighted by Gasteiger charge is -2.07. The minimum absolute atomic E-state index is 0.0294. The van der Waals surface area contributed by atoms with Crippen molar-refractivity contribution in [2.75, 3.05) is 13.6 Å². The lowest BCUT2D eigenvalue weighted by Crippen LogP contribution is -2.24. The summed E-state index contributed by atoms with van der Waals surface area (Å²) in [6.07, 6.45) is 0.393. The summed E-state index contributed by atoms with van der Waals surface area (Å²) >= 11 is 0. The van der Waals surface area contributed by atoms with Crippen molar-refractivity contribution in [2.24, 2.45) is 0 Å². The van der Waals surface area contributed by atoms with Gasteiger partial charge in [-0.25, -0.2) is 0 Å². The van der Waals surface area contributed by atoms with Gasteiger partial charge in [-0.15, -0.1) is 0 Å². The van der Waals surface area contributed by atoms with E-state index in [-0.39, 0.29) is 16.5 Å². The van der Waals surface area contributed by atoms with E-state index in [4.69, 9.17) is 0 Å². The van der Waals surface area contributed by atoms with Crippen molar-refractivity contribution in [1.82, 2.24) is 10.6 Å². The summed E-state index contributed by atoms with van der Waals surface area (Å²) in [4.78, 5) is 21.4. The van der Waals surface area contributed by atoms with E-state index in [0.717, 1.165) is 5.56 Å². The first-order chi connectivity index (χ1) is 8.56. The number of hydrogen-bond donors (Lipinski definition) is 2. The molecule has 0 aliphatic rings. The Morgan fingerprint density at radius 2 is 2.17 bits per heavy atom. The van der Waals surface area contributed by atoms with Gasteiger partial charge in [0.05, 0.1) is 4.92 Å². The van der Waals surface area contributed by atoms with Gasteiger partial charge >= 0.3 is 0 Å². The zero-order chi connectivity index (χ0) is 13.5. The van der Waals surface area contributed by atoms with E-state index in [2.05, 4.69) is 10.6 Å². The lowest BCUT2D eigenvalue weighted by molar-refractivity contribution is -0.385. The second-order valence-electron chi connectivity index (χ2n) is 3.92. The monoisotopic (exact) mass is 251 g/mol. The van der Waals surface area contributed by atoms with Crippen molar-refractivity contribution >= 4 is 11.6 Å². The van der Waals surface area contributed by atoms with Gasteiger partial charge in [-0.2, -0.15) is 0 Å². The van der Waals surface area contributed by atoms with Crippen LogP contribution in [0.5, 0.6) is 0 Å². The highest BCUT2D eigenvalue weighted by molar-refractivity contribution is 5.75. The fourth-order valence-electron chi connectivity index (χ4n) is 1.61. The largest absolute Gasteiger partial charge is 0.359 e. The van der Waals surface area contributed by atoms with Crippen molar-refractivity contribution in [3.05, 3.63) is 39.4 Å². The molecule has 1 amide bonds. The molecular weight excluding hydrogens is 234 g/mol. The Bertz CT molecular complexity index is 446. The summed E-state index contributed by atoms with van der Waals surface area (Å²) in [7, 11) is 1.59. The summed E-state index contributed by atoms with van der Waals surface area (Å²) in [6, 6.07) is 5.00. The van der Waals surface area contributed by atoms with Crippen LogP contribution in [0.2, 0.25) is 0 Å². The number of nitrogens with zero attached hydrogens (tertiary/aromatic N) is 1. The number of hydrogen-bond acceptors (Lipinski definition) is 4. The van der Waals surface area contributed by atoms with Crippen LogP contribution in [-0.4, -0.2) is 24.4 Å². The number of carbonyl (C=O) groups is 1. The first-order valence-corrected chi connectivity index (χ1v) is 5.70. The van der Waals surface area contributed by atoms with Gasteiger partial charge in [-0.1, -0.05) is 12.1 Å². The average molecular weight is 251 g/mol. The summed E-state index contributed by atoms with van der Waals surface area (Å²) in [5.41, 5.74) is 1.66. The molecule has 0 unspecified atom stereocenters. The van der Waals surface area contributed by atoms with Gasteiger partial charge in [0.1, 0.15) is 0 Å². The molecule has 0 bridgehead atoms.